The molecule has 2 aliphatic heterocycles. The number of amides is 3. The molecule has 3 aliphatic rings. The number of piperidine rings is 1. The van der Waals surface area contributed by atoms with Gasteiger partial charge in [-0.05, 0) is 44.4 Å². The number of hydrogen-bond acceptors (Lipinski definition) is 2. The summed E-state index contributed by atoms with van der Waals surface area (Å²) in [7, 11) is 0. The maximum absolute atomic E-state index is 12.7. The van der Waals surface area contributed by atoms with Gasteiger partial charge in [-0.15, -0.1) is 0 Å². The molecule has 3 fully saturated rings. The summed E-state index contributed by atoms with van der Waals surface area (Å²) >= 11 is 0. The Kier molecular flexibility index (Phi) is 5.44. The smallest absolute Gasteiger partial charge is 0.317 e. The van der Waals surface area contributed by atoms with Crippen molar-refractivity contribution < 1.29 is 9.59 Å². The van der Waals surface area contributed by atoms with Crippen molar-refractivity contribution >= 4 is 11.9 Å². The zero-order valence-corrected chi connectivity index (χ0v) is 14.4. The van der Waals surface area contributed by atoms with E-state index in [0.717, 1.165) is 32.5 Å². The average molecular weight is 321 g/mol. The van der Waals surface area contributed by atoms with Gasteiger partial charge in [0.2, 0.25) is 5.91 Å². The maximum Gasteiger partial charge on any atom is 0.317 e. The molecule has 0 bridgehead atoms. The molecule has 0 spiro atoms. The molecule has 3 amide bonds. The van der Waals surface area contributed by atoms with E-state index >= 15 is 0 Å². The lowest BCUT2D eigenvalue weighted by molar-refractivity contribution is -0.134. The van der Waals surface area contributed by atoms with E-state index in [0.29, 0.717) is 36.8 Å². The molecule has 23 heavy (non-hydrogen) atoms. The van der Waals surface area contributed by atoms with Crippen molar-refractivity contribution in [1.29, 1.82) is 0 Å². The Labute approximate surface area is 139 Å². The van der Waals surface area contributed by atoms with Crippen LogP contribution in [0.1, 0.15) is 58.3 Å². The third kappa shape index (κ3) is 3.81. The zero-order valence-electron chi connectivity index (χ0n) is 14.4. The Bertz CT molecular complexity index is 434. The molecule has 0 radical (unpaired) electrons. The molecule has 0 aromatic heterocycles. The minimum Gasteiger partial charge on any atom is -0.340 e. The highest BCUT2D eigenvalue weighted by atomic mass is 16.2. The molecule has 130 valence electrons. The van der Waals surface area contributed by atoms with Gasteiger partial charge in [0.15, 0.2) is 0 Å². The van der Waals surface area contributed by atoms with Crippen LogP contribution in [0.25, 0.3) is 0 Å². The summed E-state index contributed by atoms with van der Waals surface area (Å²) in [5.41, 5.74) is 0. The van der Waals surface area contributed by atoms with Crippen LogP contribution in [0.15, 0.2) is 0 Å². The molecular weight excluding hydrogens is 290 g/mol. The quantitative estimate of drug-likeness (QED) is 0.850. The van der Waals surface area contributed by atoms with Crippen LogP contribution in [0.2, 0.25) is 0 Å². The summed E-state index contributed by atoms with van der Waals surface area (Å²) in [6.45, 7) is 5.15. The molecule has 1 N–H and O–H groups in total. The van der Waals surface area contributed by atoms with Crippen molar-refractivity contribution in [2.24, 2.45) is 11.8 Å². The summed E-state index contributed by atoms with van der Waals surface area (Å²) in [6, 6.07) is 0.543. The summed E-state index contributed by atoms with van der Waals surface area (Å²) in [4.78, 5) is 28.9. The number of likely N-dealkylation sites (tertiary alicyclic amines) is 2. The van der Waals surface area contributed by atoms with Crippen molar-refractivity contribution in [3.05, 3.63) is 0 Å². The van der Waals surface area contributed by atoms with Gasteiger partial charge in [0.1, 0.15) is 0 Å². The van der Waals surface area contributed by atoms with Crippen LogP contribution in [0.3, 0.4) is 0 Å². The average Bonchev–Trinajstić information content (AvgIpc) is 2.73. The van der Waals surface area contributed by atoms with Crippen molar-refractivity contribution in [1.82, 2.24) is 15.1 Å². The Morgan fingerprint density at radius 1 is 1.09 bits per heavy atom. The molecule has 3 rings (SSSR count). The zero-order chi connectivity index (χ0) is 16.2. The largest absolute Gasteiger partial charge is 0.340 e. The Morgan fingerprint density at radius 2 is 1.83 bits per heavy atom. The Balaban J connectivity index is 1.61. The fraction of sp³-hybridized carbons (Fsp3) is 0.889. The number of urea groups is 1. The number of hydrogen-bond donors (Lipinski definition) is 1. The molecule has 1 saturated carbocycles. The van der Waals surface area contributed by atoms with Gasteiger partial charge >= 0.3 is 6.03 Å². The van der Waals surface area contributed by atoms with Gasteiger partial charge in [-0.3, -0.25) is 4.79 Å². The highest BCUT2D eigenvalue weighted by Gasteiger charge is 2.38. The summed E-state index contributed by atoms with van der Waals surface area (Å²) in [5, 5.41) is 2.91. The van der Waals surface area contributed by atoms with Gasteiger partial charge in [-0.1, -0.05) is 19.3 Å². The number of fused-ring (bicyclic) bond motifs is 1. The fourth-order valence-corrected chi connectivity index (χ4v) is 4.67. The standard InChI is InChI=1S/C18H31N3O2/c1-2-19-18(23)20-10-8-14-12-17(22)21(11-9-15(14)13-20)16-6-4-3-5-7-16/h14-16H,2-13H2,1H3,(H,19,23)/t14-,15-/m0/s1. The third-order valence-corrected chi connectivity index (χ3v) is 6.02. The lowest BCUT2D eigenvalue weighted by Gasteiger charge is -2.37. The number of carbonyl (C=O) groups excluding carboxylic acids is 2. The predicted octanol–water partition coefficient (Wildman–Crippen LogP) is 2.61. The molecule has 5 heteroatoms. The molecule has 2 saturated heterocycles. The second kappa shape index (κ2) is 7.54. The van der Waals surface area contributed by atoms with E-state index in [2.05, 4.69) is 10.2 Å². The lowest BCUT2D eigenvalue weighted by atomic mass is 9.82. The van der Waals surface area contributed by atoms with Gasteiger partial charge in [0.25, 0.3) is 0 Å². The Hall–Kier alpha value is -1.26. The highest BCUT2D eigenvalue weighted by Crippen LogP contribution is 2.34. The van der Waals surface area contributed by atoms with Crippen LogP contribution in [0.5, 0.6) is 0 Å². The molecule has 2 atom stereocenters. The van der Waals surface area contributed by atoms with Crippen molar-refractivity contribution in [3.63, 3.8) is 0 Å². The molecule has 0 aromatic carbocycles. The van der Waals surface area contributed by atoms with Crippen molar-refractivity contribution in [2.75, 3.05) is 26.2 Å². The van der Waals surface area contributed by atoms with Crippen molar-refractivity contribution in [3.8, 4) is 0 Å². The number of nitrogens with one attached hydrogen (secondary N) is 1. The first kappa shape index (κ1) is 16.6. The first-order chi connectivity index (χ1) is 11.2. The number of nitrogens with zero attached hydrogens (tertiary/aromatic N) is 2. The molecule has 0 aromatic rings. The first-order valence-corrected chi connectivity index (χ1v) is 9.51. The summed E-state index contributed by atoms with van der Waals surface area (Å²) < 4.78 is 0. The molecule has 1 aliphatic carbocycles. The Morgan fingerprint density at radius 3 is 2.57 bits per heavy atom. The topological polar surface area (TPSA) is 52.7 Å². The molecule has 2 heterocycles. The molecular formula is C18H31N3O2. The highest BCUT2D eigenvalue weighted by molar-refractivity contribution is 5.77. The first-order valence-electron chi connectivity index (χ1n) is 9.51. The summed E-state index contributed by atoms with van der Waals surface area (Å²) in [5.74, 6) is 1.33. The fourth-order valence-electron chi connectivity index (χ4n) is 4.67. The van der Waals surface area contributed by atoms with Gasteiger partial charge in [-0.25, -0.2) is 4.79 Å². The number of carbonyl (C=O) groups is 2. The van der Waals surface area contributed by atoms with E-state index in [1.54, 1.807) is 0 Å². The van der Waals surface area contributed by atoms with Crippen molar-refractivity contribution in [2.45, 2.75) is 64.3 Å². The number of rotatable bonds is 2. The normalized spacial score (nSPS) is 29.9. The van der Waals surface area contributed by atoms with Gasteiger partial charge in [0, 0.05) is 38.6 Å². The lowest BCUT2D eigenvalue weighted by Crippen LogP contribution is -2.48. The predicted molar refractivity (Wildman–Crippen MR) is 90.1 cm³/mol. The molecule has 0 unspecified atom stereocenters. The van der Waals surface area contributed by atoms with E-state index in [9.17, 15) is 9.59 Å². The van der Waals surface area contributed by atoms with E-state index in [-0.39, 0.29) is 6.03 Å². The van der Waals surface area contributed by atoms with E-state index in [4.69, 9.17) is 0 Å². The second-order valence-electron chi connectivity index (χ2n) is 7.46. The second-order valence-corrected chi connectivity index (χ2v) is 7.46. The van der Waals surface area contributed by atoms with E-state index in [1.165, 1.54) is 32.1 Å². The monoisotopic (exact) mass is 321 g/mol. The summed E-state index contributed by atoms with van der Waals surface area (Å²) in [6.07, 6.45) is 8.97. The van der Waals surface area contributed by atoms with Gasteiger partial charge < -0.3 is 15.1 Å². The van der Waals surface area contributed by atoms with Crippen LogP contribution >= 0.6 is 0 Å². The van der Waals surface area contributed by atoms with Crippen LogP contribution < -0.4 is 5.32 Å². The van der Waals surface area contributed by atoms with Crippen LogP contribution in [-0.2, 0) is 4.79 Å². The van der Waals surface area contributed by atoms with Gasteiger partial charge in [-0.2, -0.15) is 0 Å². The third-order valence-electron chi connectivity index (χ3n) is 6.02. The van der Waals surface area contributed by atoms with Gasteiger partial charge in [0.05, 0.1) is 0 Å². The maximum atomic E-state index is 12.7. The van der Waals surface area contributed by atoms with E-state index < -0.39 is 0 Å². The molecule has 5 nitrogen and oxygen atoms in total. The van der Waals surface area contributed by atoms with Crippen LogP contribution in [0, 0.1) is 11.8 Å². The SMILES string of the molecule is CCNC(=O)N1CC[C@H]2CC(=O)N(C3CCCCC3)CC[C@H]2C1. The van der Waals surface area contributed by atoms with Crippen LogP contribution in [0.4, 0.5) is 4.79 Å². The minimum atomic E-state index is 0.0608. The van der Waals surface area contributed by atoms with E-state index in [1.807, 2.05) is 11.8 Å². The van der Waals surface area contributed by atoms with Crippen LogP contribution in [-0.4, -0.2) is 54.0 Å². The minimum absolute atomic E-state index is 0.0608.